The van der Waals surface area contributed by atoms with Gasteiger partial charge in [0.25, 0.3) is 9.05 Å². The van der Waals surface area contributed by atoms with Gasteiger partial charge in [0.2, 0.25) is 0 Å². The number of hydrogen-bond donors (Lipinski definition) is 0. The molecule has 1 unspecified atom stereocenters. The van der Waals surface area contributed by atoms with Crippen molar-refractivity contribution in [2.24, 2.45) is 0 Å². The van der Waals surface area contributed by atoms with Crippen molar-refractivity contribution in [1.29, 1.82) is 0 Å². The lowest BCUT2D eigenvalue weighted by atomic mass is 9.84. The van der Waals surface area contributed by atoms with E-state index in [0.29, 0.717) is 6.61 Å². The van der Waals surface area contributed by atoms with E-state index in [1.54, 1.807) is 0 Å². The summed E-state index contributed by atoms with van der Waals surface area (Å²) >= 11 is 0. The van der Waals surface area contributed by atoms with E-state index in [4.69, 9.17) is 20.2 Å². The molecule has 2 aliphatic heterocycles. The second-order valence-electron chi connectivity index (χ2n) is 5.39. The van der Waals surface area contributed by atoms with Crippen LogP contribution >= 0.6 is 10.7 Å². The standard InChI is InChI=1S/C12H17ClN2O4S/c13-20(16,17)11-8-15(9-14-11)10-1-4-19-12(7-10)2-5-18-6-3-12/h8-10H,1-7H2. The first kappa shape index (κ1) is 14.3. The van der Waals surface area contributed by atoms with Crippen LogP contribution in [0.3, 0.4) is 0 Å². The summed E-state index contributed by atoms with van der Waals surface area (Å²) in [4.78, 5) is 3.87. The first-order valence-electron chi connectivity index (χ1n) is 6.68. The summed E-state index contributed by atoms with van der Waals surface area (Å²) < 4.78 is 35.8. The van der Waals surface area contributed by atoms with Crippen LogP contribution in [0.25, 0.3) is 0 Å². The molecule has 1 aromatic heterocycles. The van der Waals surface area contributed by atoms with Gasteiger partial charge in [0.05, 0.1) is 11.9 Å². The first-order chi connectivity index (χ1) is 9.49. The Morgan fingerprint density at radius 3 is 2.75 bits per heavy atom. The van der Waals surface area contributed by atoms with Gasteiger partial charge in [-0.2, -0.15) is 0 Å². The van der Waals surface area contributed by atoms with Crippen LogP contribution in [0.4, 0.5) is 0 Å². The van der Waals surface area contributed by atoms with Crippen LogP contribution in [0.1, 0.15) is 31.7 Å². The molecule has 1 spiro atoms. The summed E-state index contributed by atoms with van der Waals surface area (Å²) in [5.41, 5.74) is -0.133. The molecule has 3 heterocycles. The highest BCUT2D eigenvalue weighted by molar-refractivity contribution is 8.13. The summed E-state index contributed by atoms with van der Waals surface area (Å²) in [6, 6.07) is 0.196. The van der Waals surface area contributed by atoms with Gasteiger partial charge < -0.3 is 14.0 Å². The highest BCUT2D eigenvalue weighted by atomic mass is 35.7. The summed E-state index contributed by atoms with van der Waals surface area (Å²) in [6.45, 7) is 2.11. The molecular weight excluding hydrogens is 304 g/mol. The van der Waals surface area contributed by atoms with Crippen molar-refractivity contribution in [3.8, 4) is 0 Å². The lowest BCUT2D eigenvalue weighted by Gasteiger charge is -2.43. The second-order valence-corrected chi connectivity index (χ2v) is 7.90. The van der Waals surface area contributed by atoms with Crippen molar-refractivity contribution in [3.63, 3.8) is 0 Å². The van der Waals surface area contributed by atoms with Gasteiger partial charge in [-0.3, -0.25) is 0 Å². The van der Waals surface area contributed by atoms with E-state index in [2.05, 4.69) is 4.98 Å². The second kappa shape index (κ2) is 5.29. The average Bonchev–Trinajstić information content (AvgIpc) is 2.89. The maximum atomic E-state index is 11.3. The lowest BCUT2D eigenvalue weighted by Crippen LogP contribution is -2.44. The number of imidazole rings is 1. The van der Waals surface area contributed by atoms with Crippen molar-refractivity contribution >= 4 is 19.7 Å². The number of rotatable bonds is 2. The molecule has 0 radical (unpaired) electrons. The van der Waals surface area contributed by atoms with Gasteiger partial charge in [-0.05, 0) is 25.7 Å². The number of hydrogen-bond acceptors (Lipinski definition) is 5. The van der Waals surface area contributed by atoms with Gasteiger partial charge >= 0.3 is 0 Å². The molecule has 0 aromatic carbocycles. The Kier molecular flexibility index (Phi) is 3.79. The van der Waals surface area contributed by atoms with Crippen molar-refractivity contribution < 1.29 is 17.9 Å². The minimum Gasteiger partial charge on any atom is -0.381 e. The van der Waals surface area contributed by atoms with Crippen LogP contribution in [-0.2, 0) is 18.5 Å². The van der Waals surface area contributed by atoms with Gasteiger partial charge in [-0.25, -0.2) is 13.4 Å². The number of aromatic nitrogens is 2. The van der Waals surface area contributed by atoms with Crippen molar-refractivity contribution in [3.05, 3.63) is 12.5 Å². The van der Waals surface area contributed by atoms with Crippen LogP contribution in [0.5, 0.6) is 0 Å². The third-order valence-electron chi connectivity index (χ3n) is 4.12. The maximum absolute atomic E-state index is 11.3. The maximum Gasteiger partial charge on any atom is 0.280 e. The molecule has 1 atom stereocenters. The zero-order valence-corrected chi connectivity index (χ0v) is 12.6. The number of ether oxygens (including phenoxy) is 2. The summed E-state index contributed by atoms with van der Waals surface area (Å²) in [6.07, 6.45) is 6.52. The predicted octanol–water partition coefficient (Wildman–Crippen LogP) is 1.71. The van der Waals surface area contributed by atoms with Crippen LogP contribution < -0.4 is 0 Å². The largest absolute Gasteiger partial charge is 0.381 e. The van der Waals surface area contributed by atoms with E-state index in [0.717, 1.165) is 38.9 Å². The van der Waals surface area contributed by atoms with Gasteiger partial charge in [-0.15, -0.1) is 0 Å². The molecule has 1 aromatic rings. The zero-order valence-electron chi connectivity index (χ0n) is 11.0. The van der Waals surface area contributed by atoms with E-state index in [1.165, 1.54) is 12.5 Å². The quantitative estimate of drug-likeness (QED) is 0.776. The van der Waals surface area contributed by atoms with E-state index in [1.807, 2.05) is 4.57 Å². The Labute approximate surface area is 122 Å². The molecule has 2 saturated heterocycles. The SMILES string of the molecule is O=S(=O)(Cl)c1cn(C2CCOC3(CCOCC3)C2)cn1. The highest BCUT2D eigenvalue weighted by Gasteiger charge is 2.39. The molecule has 0 saturated carbocycles. The summed E-state index contributed by atoms with van der Waals surface area (Å²) in [5.74, 6) is 0. The van der Waals surface area contributed by atoms with Crippen molar-refractivity contribution in [2.75, 3.05) is 19.8 Å². The van der Waals surface area contributed by atoms with Crippen LogP contribution in [-0.4, -0.2) is 43.4 Å². The third kappa shape index (κ3) is 2.86. The molecule has 0 bridgehead atoms. The fourth-order valence-electron chi connectivity index (χ4n) is 2.99. The Morgan fingerprint density at radius 2 is 2.10 bits per heavy atom. The monoisotopic (exact) mass is 320 g/mol. The topological polar surface area (TPSA) is 70.4 Å². The Balaban J connectivity index is 1.78. The Bertz CT molecular complexity index is 575. The molecule has 20 heavy (non-hydrogen) atoms. The Hall–Kier alpha value is -0.630. The molecule has 0 amide bonds. The molecular formula is C12H17ClN2O4S. The molecule has 6 nitrogen and oxygen atoms in total. The summed E-state index contributed by atoms with van der Waals surface area (Å²) in [7, 11) is 1.54. The van der Waals surface area contributed by atoms with Crippen molar-refractivity contribution in [2.45, 2.75) is 42.4 Å². The highest BCUT2D eigenvalue weighted by Crippen LogP contribution is 2.39. The fraction of sp³-hybridized carbons (Fsp3) is 0.750. The fourth-order valence-corrected chi connectivity index (χ4v) is 3.65. The number of halogens is 1. The van der Waals surface area contributed by atoms with E-state index < -0.39 is 9.05 Å². The average molecular weight is 321 g/mol. The van der Waals surface area contributed by atoms with Crippen LogP contribution in [0, 0.1) is 0 Å². The Morgan fingerprint density at radius 1 is 1.35 bits per heavy atom. The molecule has 0 aliphatic carbocycles. The molecule has 112 valence electrons. The molecule has 0 N–H and O–H groups in total. The number of nitrogens with zero attached hydrogens (tertiary/aromatic N) is 2. The van der Waals surface area contributed by atoms with E-state index in [9.17, 15) is 8.42 Å². The minimum absolute atomic E-state index is 0.0910. The third-order valence-corrected chi connectivity index (χ3v) is 5.30. The normalized spacial score (nSPS) is 26.8. The zero-order chi connectivity index (χ0) is 14.2. The minimum atomic E-state index is -3.76. The van der Waals surface area contributed by atoms with Gasteiger partial charge in [0.1, 0.15) is 0 Å². The molecule has 8 heteroatoms. The van der Waals surface area contributed by atoms with Gasteiger partial charge in [0.15, 0.2) is 5.03 Å². The van der Waals surface area contributed by atoms with E-state index >= 15 is 0 Å². The van der Waals surface area contributed by atoms with Gasteiger partial charge in [-0.1, -0.05) is 0 Å². The van der Waals surface area contributed by atoms with Gasteiger partial charge in [0, 0.05) is 42.7 Å². The smallest absolute Gasteiger partial charge is 0.280 e. The van der Waals surface area contributed by atoms with E-state index in [-0.39, 0.29) is 16.7 Å². The molecule has 3 rings (SSSR count). The molecule has 2 aliphatic rings. The summed E-state index contributed by atoms with van der Waals surface area (Å²) in [5, 5.41) is -0.0910. The van der Waals surface area contributed by atoms with Crippen LogP contribution in [0.2, 0.25) is 0 Å². The molecule has 2 fully saturated rings. The predicted molar refractivity (Wildman–Crippen MR) is 72.3 cm³/mol. The lowest BCUT2D eigenvalue weighted by molar-refractivity contribution is -0.144. The first-order valence-corrected chi connectivity index (χ1v) is 8.99. The van der Waals surface area contributed by atoms with Crippen LogP contribution in [0.15, 0.2) is 17.6 Å². The van der Waals surface area contributed by atoms with Crippen molar-refractivity contribution in [1.82, 2.24) is 9.55 Å².